The fourth-order valence-electron chi connectivity index (χ4n) is 1.43. The number of halogens is 1. The Balaban J connectivity index is 2.11. The van der Waals surface area contributed by atoms with Crippen LogP contribution in [0.5, 0.6) is 0 Å². The number of benzene rings is 1. The summed E-state index contributed by atoms with van der Waals surface area (Å²) in [7, 11) is 0. The molecule has 3 nitrogen and oxygen atoms in total. The zero-order valence-corrected chi connectivity index (χ0v) is 9.28. The maximum absolute atomic E-state index is 10.3. The first-order valence-electron chi connectivity index (χ1n) is 4.89. The van der Waals surface area contributed by atoms with Gasteiger partial charge in [0.1, 0.15) is 12.0 Å². The minimum absolute atomic E-state index is 0.266. The monoisotopic (exact) mass is 235 g/mol. The normalized spacial score (nSPS) is 10.3. The van der Waals surface area contributed by atoms with Crippen LogP contribution in [0.15, 0.2) is 34.9 Å². The van der Waals surface area contributed by atoms with E-state index >= 15 is 0 Å². The minimum Gasteiger partial charge on any atom is -0.445 e. The van der Waals surface area contributed by atoms with Crippen LogP contribution in [0.1, 0.15) is 17.2 Å². The van der Waals surface area contributed by atoms with E-state index in [1.807, 2.05) is 24.3 Å². The second-order valence-electron chi connectivity index (χ2n) is 3.40. The van der Waals surface area contributed by atoms with E-state index < -0.39 is 0 Å². The Morgan fingerprint density at radius 3 is 3.06 bits per heavy atom. The maximum atomic E-state index is 10.3. The molecule has 0 radical (unpaired) electrons. The molecule has 4 heteroatoms. The van der Waals surface area contributed by atoms with Gasteiger partial charge in [0.2, 0.25) is 0 Å². The molecule has 0 bridgehead atoms. The molecule has 1 aromatic carbocycles. The van der Waals surface area contributed by atoms with E-state index in [0.717, 1.165) is 11.8 Å². The fraction of sp³-hybridized carbons (Fsp3) is 0.167. The largest absolute Gasteiger partial charge is 0.445 e. The van der Waals surface area contributed by atoms with Gasteiger partial charge in [-0.1, -0.05) is 23.7 Å². The summed E-state index contributed by atoms with van der Waals surface area (Å²) in [6.07, 6.45) is 3.22. The smallest absolute Gasteiger partial charge is 0.198 e. The third kappa shape index (κ3) is 2.70. The van der Waals surface area contributed by atoms with Crippen molar-refractivity contribution in [1.29, 1.82) is 0 Å². The SMILES string of the molecule is O=CCc1cnc(Cc2cccc(Cl)c2)o1. The molecule has 2 aromatic rings. The second kappa shape index (κ2) is 4.94. The van der Waals surface area contributed by atoms with Crippen LogP contribution in [0.4, 0.5) is 0 Å². The first-order valence-corrected chi connectivity index (χ1v) is 5.27. The van der Waals surface area contributed by atoms with Crippen molar-refractivity contribution in [3.05, 3.63) is 52.7 Å². The van der Waals surface area contributed by atoms with Crippen molar-refractivity contribution in [1.82, 2.24) is 4.98 Å². The molecule has 0 spiro atoms. The van der Waals surface area contributed by atoms with E-state index in [1.165, 1.54) is 0 Å². The van der Waals surface area contributed by atoms with E-state index in [1.54, 1.807) is 6.20 Å². The van der Waals surface area contributed by atoms with Crippen molar-refractivity contribution in [3.63, 3.8) is 0 Å². The average Bonchev–Trinajstić information content (AvgIpc) is 2.66. The summed E-state index contributed by atoms with van der Waals surface area (Å²) in [5.41, 5.74) is 1.03. The number of hydrogen-bond donors (Lipinski definition) is 0. The molecule has 0 saturated carbocycles. The fourth-order valence-corrected chi connectivity index (χ4v) is 1.64. The van der Waals surface area contributed by atoms with Crippen LogP contribution in [0.3, 0.4) is 0 Å². The van der Waals surface area contributed by atoms with Crippen LogP contribution < -0.4 is 0 Å². The van der Waals surface area contributed by atoms with E-state index in [0.29, 0.717) is 23.1 Å². The summed E-state index contributed by atoms with van der Waals surface area (Å²) in [5.74, 6) is 1.19. The summed E-state index contributed by atoms with van der Waals surface area (Å²) in [6.45, 7) is 0. The highest BCUT2D eigenvalue weighted by atomic mass is 35.5. The van der Waals surface area contributed by atoms with E-state index in [4.69, 9.17) is 16.0 Å². The lowest BCUT2D eigenvalue weighted by Crippen LogP contribution is -1.87. The zero-order chi connectivity index (χ0) is 11.4. The Labute approximate surface area is 98.1 Å². The molecule has 0 atom stereocenters. The van der Waals surface area contributed by atoms with Gasteiger partial charge in [0.05, 0.1) is 12.6 Å². The van der Waals surface area contributed by atoms with Crippen molar-refractivity contribution < 1.29 is 9.21 Å². The van der Waals surface area contributed by atoms with Gasteiger partial charge < -0.3 is 9.21 Å². The van der Waals surface area contributed by atoms with Gasteiger partial charge in [-0.05, 0) is 17.7 Å². The van der Waals surface area contributed by atoms with Crippen molar-refractivity contribution in [2.45, 2.75) is 12.8 Å². The Morgan fingerprint density at radius 1 is 1.44 bits per heavy atom. The highest BCUT2D eigenvalue weighted by Crippen LogP contribution is 2.14. The van der Waals surface area contributed by atoms with Crippen LogP contribution in [0.2, 0.25) is 5.02 Å². The van der Waals surface area contributed by atoms with Crippen LogP contribution in [-0.4, -0.2) is 11.3 Å². The topological polar surface area (TPSA) is 43.1 Å². The lowest BCUT2D eigenvalue weighted by molar-refractivity contribution is -0.107. The Morgan fingerprint density at radius 2 is 2.31 bits per heavy atom. The Bertz CT molecular complexity index is 493. The van der Waals surface area contributed by atoms with Crippen LogP contribution in [0.25, 0.3) is 0 Å². The number of rotatable bonds is 4. The second-order valence-corrected chi connectivity index (χ2v) is 3.83. The maximum Gasteiger partial charge on any atom is 0.198 e. The van der Waals surface area contributed by atoms with Gasteiger partial charge >= 0.3 is 0 Å². The van der Waals surface area contributed by atoms with E-state index in [-0.39, 0.29) is 6.42 Å². The molecular weight excluding hydrogens is 226 g/mol. The molecule has 82 valence electrons. The van der Waals surface area contributed by atoms with Crippen molar-refractivity contribution in [2.24, 2.45) is 0 Å². The predicted molar refractivity (Wildman–Crippen MR) is 60.5 cm³/mol. The third-order valence-corrected chi connectivity index (χ3v) is 2.37. The number of hydrogen-bond acceptors (Lipinski definition) is 3. The lowest BCUT2D eigenvalue weighted by Gasteiger charge is -1.97. The molecule has 0 aliphatic rings. The van der Waals surface area contributed by atoms with Gasteiger partial charge in [-0.3, -0.25) is 0 Å². The summed E-state index contributed by atoms with van der Waals surface area (Å²) in [6, 6.07) is 7.52. The summed E-state index contributed by atoms with van der Waals surface area (Å²) in [5, 5.41) is 0.692. The van der Waals surface area contributed by atoms with Gasteiger partial charge in [0, 0.05) is 11.4 Å². The molecule has 16 heavy (non-hydrogen) atoms. The molecule has 1 aromatic heterocycles. The number of carbonyl (C=O) groups excluding carboxylic acids is 1. The quantitative estimate of drug-likeness (QED) is 0.766. The van der Waals surface area contributed by atoms with Gasteiger partial charge in [-0.25, -0.2) is 4.98 Å². The molecule has 0 amide bonds. The van der Waals surface area contributed by atoms with Crippen molar-refractivity contribution in [2.75, 3.05) is 0 Å². The van der Waals surface area contributed by atoms with E-state index in [2.05, 4.69) is 4.98 Å². The molecule has 1 heterocycles. The number of aromatic nitrogens is 1. The van der Waals surface area contributed by atoms with Gasteiger partial charge in [0.25, 0.3) is 0 Å². The number of nitrogens with zero attached hydrogens (tertiary/aromatic N) is 1. The first kappa shape index (κ1) is 10.9. The summed E-state index contributed by atoms with van der Waals surface area (Å²) in [4.78, 5) is 14.4. The van der Waals surface area contributed by atoms with Crippen LogP contribution >= 0.6 is 11.6 Å². The Kier molecular flexibility index (Phi) is 3.37. The molecule has 0 fully saturated rings. The standard InChI is InChI=1S/C12H10ClNO2/c13-10-3-1-2-9(6-10)7-12-14-8-11(16-12)4-5-15/h1-3,5-6,8H,4,7H2. The molecule has 0 aliphatic heterocycles. The highest BCUT2D eigenvalue weighted by molar-refractivity contribution is 6.30. The summed E-state index contributed by atoms with van der Waals surface area (Å²) >= 11 is 5.87. The molecule has 0 N–H and O–H groups in total. The molecule has 0 unspecified atom stereocenters. The highest BCUT2D eigenvalue weighted by Gasteiger charge is 2.04. The average molecular weight is 236 g/mol. The van der Waals surface area contributed by atoms with Crippen molar-refractivity contribution >= 4 is 17.9 Å². The van der Waals surface area contributed by atoms with Gasteiger partial charge in [-0.2, -0.15) is 0 Å². The molecular formula is C12H10ClNO2. The summed E-state index contributed by atoms with van der Waals surface area (Å²) < 4.78 is 5.38. The first-order chi connectivity index (χ1) is 7.78. The molecule has 0 aliphatic carbocycles. The van der Waals surface area contributed by atoms with E-state index in [9.17, 15) is 4.79 Å². The van der Waals surface area contributed by atoms with Gasteiger partial charge in [-0.15, -0.1) is 0 Å². The van der Waals surface area contributed by atoms with Gasteiger partial charge in [0.15, 0.2) is 5.89 Å². The third-order valence-electron chi connectivity index (χ3n) is 2.13. The minimum atomic E-state index is 0.266. The van der Waals surface area contributed by atoms with Crippen LogP contribution in [0, 0.1) is 0 Å². The Hall–Kier alpha value is -1.61. The number of carbonyl (C=O) groups is 1. The number of oxazole rings is 1. The number of aldehydes is 1. The van der Waals surface area contributed by atoms with Crippen LogP contribution in [-0.2, 0) is 17.6 Å². The zero-order valence-electron chi connectivity index (χ0n) is 8.52. The van der Waals surface area contributed by atoms with Crippen molar-refractivity contribution in [3.8, 4) is 0 Å². The lowest BCUT2D eigenvalue weighted by atomic mass is 10.1. The molecule has 0 saturated heterocycles. The molecule has 2 rings (SSSR count). The predicted octanol–water partition coefficient (Wildman–Crippen LogP) is 2.66.